The minimum absolute atomic E-state index is 0.621. The number of aromatic nitrogens is 3. The van der Waals surface area contributed by atoms with Crippen LogP contribution in [0.15, 0.2) is 182 Å². The highest BCUT2D eigenvalue weighted by atomic mass is 15.0. The molecule has 0 aliphatic carbocycles. The van der Waals surface area contributed by atoms with Crippen molar-refractivity contribution in [3.05, 3.63) is 188 Å². The van der Waals surface area contributed by atoms with Gasteiger partial charge in [-0.1, -0.05) is 109 Å². The summed E-state index contributed by atoms with van der Waals surface area (Å²) < 4.78 is 7.12. The van der Waals surface area contributed by atoms with E-state index < -0.39 is 0 Å². The molecule has 0 radical (unpaired) electrons. The fourth-order valence-corrected chi connectivity index (χ4v) is 8.65. The van der Waals surface area contributed by atoms with E-state index in [0.717, 1.165) is 50.3 Å². The second-order valence-corrected chi connectivity index (χ2v) is 13.7. The van der Waals surface area contributed by atoms with Crippen LogP contribution in [0.1, 0.15) is 5.56 Å². The Balaban J connectivity index is 1.19. The highest BCUT2D eigenvalue weighted by Gasteiger charge is 2.21. The number of para-hydroxylation sites is 6. The Kier molecular flexibility index (Phi) is 6.28. The molecule has 0 unspecified atom stereocenters. The first kappa shape index (κ1) is 29.4. The predicted molar refractivity (Wildman–Crippen MR) is 220 cm³/mol. The van der Waals surface area contributed by atoms with Gasteiger partial charge < -0.3 is 13.7 Å². The minimum atomic E-state index is 0.621. The highest BCUT2D eigenvalue weighted by Crippen LogP contribution is 2.42. The topological polar surface area (TPSA) is 38.6 Å². The zero-order valence-corrected chi connectivity index (χ0v) is 28.6. The predicted octanol–water partition coefficient (Wildman–Crippen LogP) is 12.5. The molecule has 4 heteroatoms. The first-order valence-corrected chi connectivity index (χ1v) is 17.9. The average molecular weight is 675 g/mol. The van der Waals surface area contributed by atoms with E-state index in [9.17, 15) is 5.26 Å². The number of hydrogen-bond acceptors (Lipinski definition) is 1. The van der Waals surface area contributed by atoms with Gasteiger partial charge in [0, 0.05) is 49.1 Å². The summed E-state index contributed by atoms with van der Waals surface area (Å²) in [5.41, 5.74) is 12.8. The molecular formula is C49H30N4. The summed E-state index contributed by atoms with van der Waals surface area (Å²) in [5, 5.41) is 17.5. The number of fused-ring (bicyclic) bond motifs is 9. The van der Waals surface area contributed by atoms with Gasteiger partial charge in [-0.05, 0) is 72.8 Å². The van der Waals surface area contributed by atoms with Gasteiger partial charge in [-0.2, -0.15) is 5.26 Å². The van der Waals surface area contributed by atoms with Crippen LogP contribution < -0.4 is 0 Å². The van der Waals surface area contributed by atoms with Gasteiger partial charge in [0.2, 0.25) is 0 Å². The van der Waals surface area contributed by atoms with E-state index >= 15 is 0 Å². The van der Waals surface area contributed by atoms with Crippen LogP contribution in [0.5, 0.6) is 0 Å². The molecule has 11 aromatic rings. The quantitative estimate of drug-likeness (QED) is 0.183. The zero-order valence-electron chi connectivity index (χ0n) is 28.6. The largest absolute Gasteiger partial charge is 0.309 e. The fourth-order valence-electron chi connectivity index (χ4n) is 8.65. The summed E-state index contributed by atoms with van der Waals surface area (Å²) in [4.78, 5) is 0. The monoisotopic (exact) mass is 674 g/mol. The van der Waals surface area contributed by atoms with Gasteiger partial charge in [0.05, 0.1) is 56.1 Å². The molecule has 53 heavy (non-hydrogen) atoms. The third-order valence-electron chi connectivity index (χ3n) is 10.9. The number of benzene rings is 8. The van der Waals surface area contributed by atoms with E-state index in [1.807, 2.05) is 6.07 Å². The van der Waals surface area contributed by atoms with Crippen molar-refractivity contribution >= 4 is 65.4 Å². The molecule has 0 saturated heterocycles. The molecule has 0 fully saturated rings. The molecular weight excluding hydrogens is 645 g/mol. The SMILES string of the molecule is N#Cc1ccc(-n2c3ccccc3c3cc(-n4c5ccccc5c5ccccc54)ccc32)c(-c2ccccc2-n2c3ccccc3c3ccccc32)c1. The third-order valence-corrected chi connectivity index (χ3v) is 10.9. The molecule has 0 N–H and O–H groups in total. The van der Waals surface area contributed by atoms with E-state index in [1.54, 1.807) is 0 Å². The maximum atomic E-state index is 10.2. The van der Waals surface area contributed by atoms with E-state index in [1.165, 1.54) is 43.4 Å². The zero-order chi connectivity index (χ0) is 35.0. The van der Waals surface area contributed by atoms with Gasteiger partial charge >= 0.3 is 0 Å². The van der Waals surface area contributed by atoms with Crippen LogP contribution in [0.2, 0.25) is 0 Å². The Morgan fingerprint density at radius 2 is 0.736 bits per heavy atom. The van der Waals surface area contributed by atoms with Crippen molar-refractivity contribution < 1.29 is 0 Å². The normalized spacial score (nSPS) is 11.8. The number of nitrogens with zero attached hydrogens (tertiary/aromatic N) is 4. The first-order chi connectivity index (χ1) is 26.3. The second kappa shape index (κ2) is 11.3. The average Bonchev–Trinajstić information content (AvgIpc) is 3.86. The van der Waals surface area contributed by atoms with E-state index in [4.69, 9.17) is 0 Å². The van der Waals surface area contributed by atoms with Crippen molar-refractivity contribution in [2.75, 3.05) is 0 Å². The molecule has 0 atom stereocenters. The minimum Gasteiger partial charge on any atom is -0.309 e. The van der Waals surface area contributed by atoms with Crippen molar-refractivity contribution in [2.45, 2.75) is 0 Å². The Bertz CT molecular complexity index is 3200. The summed E-state index contributed by atoms with van der Waals surface area (Å²) >= 11 is 0. The van der Waals surface area contributed by atoms with Crippen LogP contribution in [0, 0.1) is 11.3 Å². The Morgan fingerprint density at radius 1 is 0.321 bits per heavy atom. The second-order valence-electron chi connectivity index (χ2n) is 13.7. The Labute approximate surface area is 305 Å². The molecule has 0 aliphatic heterocycles. The van der Waals surface area contributed by atoms with E-state index in [0.29, 0.717) is 5.56 Å². The molecule has 0 amide bonds. The summed E-state index contributed by atoms with van der Waals surface area (Å²) in [7, 11) is 0. The summed E-state index contributed by atoms with van der Waals surface area (Å²) in [6.45, 7) is 0. The van der Waals surface area contributed by atoms with Crippen molar-refractivity contribution in [3.63, 3.8) is 0 Å². The van der Waals surface area contributed by atoms with Crippen molar-refractivity contribution in [2.24, 2.45) is 0 Å². The fraction of sp³-hybridized carbons (Fsp3) is 0. The maximum Gasteiger partial charge on any atom is 0.0991 e. The first-order valence-electron chi connectivity index (χ1n) is 17.9. The van der Waals surface area contributed by atoms with Gasteiger partial charge in [-0.15, -0.1) is 0 Å². The van der Waals surface area contributed by atoms with Crippen molar-refractivity contribution in [3.8, 4) is 34.3 Å². The Morgan fingerprint density at radius 3 is 1.26 bits per heavy atom. The van der Waals surface area contributed by atoms with Crippen LogP contribution >= 0.6 is 0 Å². The number of hydrogen-bond donors (Lipinski definition) is 0. The van der Waals surface area contributed by atoms with Gasteiger partial charge in [0.15, 0.2) is 0 Å². The maximum absolute atomic E-state index is 10.2. The summed E-state index contributed by atoms with van der Waals surface area (Å²) in [5.74, 6) is 0. The smallest absolute Gasteiger partial charge is 0.0991 e. The van der Waals surface area contributed by atoms with E-state index in [2.05, 4.69) is 196 Å². The molecule has 246 valence electrons. The number of rotatable bonds is 4. The van der Waals surface area contributed by atoms with Gasteiger partial charge in [0.25, 0.3) is 0 Å². The van der Waals surface area contributed by atoms with Crippen molar-refractivity contribution in [1.82, 2.24) is 13.7 Å². The lowest BCUT2D eigenvalue weighted by atomic mass is 9.98. The standard InChI is InChI=1S/C49H30N4/c50-31-32-25-27-48(40(29-32)38-17-5-11-23-46(38)52-44-21-9-3-15-36(44)37-16-4-10-22-45(37)52)53-47-24-12-6-18-39(47)41-30-33(26-28-49(41)53)51-42-19-7-1-13-34(42)35-14-2-8-20-43(35)51/h1-30H. The molecule has 3 heterocycles. The van der Waals surface area contributed by atoms with Crippen LogP contribution in [-0.2, 0) is 0 Å². The third kappa shape index (κ3) is 4.22. The van der Waals surface area contributed by atoms with Crippen LogP contribution in [0.4, 0.5) is 0 Å². The molecule has 11 rings (SSSR count). The lowest BCUT2D eigenvalue weighted by molar-refractivity contribution is 1.15. The van der Waals surface area contributed by atoms with E-state index in [-0.39, 0.29) is 0 Å². The van der Waals surface area contributed by atoms with Crippen LogP contribution in [0.25, 0.3) is 93.6 Å². The molecule has 4 nitrogen and oxygen atoms in total. The van der Waals surface area contributed by atoms with Crippen LogP contribution in [0.3, 0.4) is 0 Å². The summed E-state index contributed by atoms with van der Waals surface area (Å²) in [6.07, 6.45) is 0. The molecule has 0 saturated carbocycles. The molecule has 0 aliphatic rings. The van der Waals surface area contributed by atoms with Crippen molar-refractivity contribution in [1.29, 1.82) is 5.26 Å². The highest BCUT2D eigenvalue weighted by molar-refractivity contribution is 6.13. The van der Waals surface area contributed by atoms with Gasteiger partial charge in [-0.3, -0.25) is 0 Å². The number of nitriles is 1. The Hall–Kier alpha value is -7.35. The summed E-state index contributed by atoms with van der Waals surface area (Å²) in [6, 6.07) is 67.1. The lowest BCUT2D eigenvalue weighted by Crippen LogP contribution is -2.02. The molecule has 0 bridgehead atoms. The van der Waals surface area contributed by atoms with Gasteiger partial charge in [-0.25, -0.2) is 0 Å². The molecule has 0 spiro atoms. The van der Waals surface area contributed by atoms with Gasteiger partial charge in [0.1, 0.15) is 0 Å². The molecule has 3 aromatic heterocycles. The molecule has 8 aromatic carbocycles. The van der Waals surface area contributed by atoms with Crippen LogP contribution in [-0.4, -0.2) is 13.7 Å². The lowest BCUT2D eigenvalue weighted by Gasteiger charge is -2.19.